The molecule has 88 valence electrons. The molecule has 0 aliphatic rings. The van der Waals surface area contributed by atoms with E-state index < -0.39 is 0 Å². The molecule has 1 heterocycles. The van der Waals surface area contributed by atoms with Crippen molar-refractivity contribution in [3.05, 3.63) is 40.9 Å². The Hall–Kier alpha value is -1.75. The molecule has 1 aromatic heterocycles. The number of ketones is 1. The van der Waals surface area contributed by atoms with Crippen molar-refractivity contribution >= 4 is 17.3 Å². The van der Waals surface area contributed by atoms with E-state index in [1.54, 1.807) is 17.5 Å². The van der Waals surface area contributed by atoms with E-state index in [0.717, 1.165) is 18.0 Å². The van der Waals surface area contributed by atoms with E-state index in [-0.39, 0.29) is 5.78 Å². The van der Waals surface area contributed by atoms with E-state index in [2.05, 4.69) is 9.59 Å². The lowest BCUT2D eigenvalue weighted by Gasteiger charge is -2.08. The lowest BCUT2D eigenvalue weighted by atomic mass is 10.1. The summed E-state index contributed by atoms with van der Waals surface area (Å²) in [5.74, 6) is 0.456. The third kappa shape index (κ3) is 2.68. The minimum Gasteiger partial charge on any atom is -0.493 e. The van der Waals surface area contributed by atoms with Gasteiger partial charge in [0.15, 0.2) is 0 Å². The van der Waals surface area contributed by atoms with Crippen molar-refractivity contribution in [3.8, 4) is 5.75 Å². The predicted molar refractivity (Wildman–Crippen MR) is 65.6 cm³/mol. The Kier molecular flexibility index (Phi) is 3.82. The van der Waals surface area contributed by atoms with Crippen molar-refractivity contribution in [2.45, 2.75) is 13.3 Å². The van der Waals surface area contributed by atoms with Gasteiger partial charge in [0.05, 0.1) is 12.2 Å². The molecule has 2 rings (SSSR count). The third-order valence-electron chi connectivity index (χ3n) is 2.19. The highest BCUT2D eigenvalue weighted by Crippen LogP contribution is 2.21. The molecule has 0 fully saturated rings. The zero-order chi connectivity index (χ0) is 12.1. The van der Waals surface area contributed by atoms with E-state index in [4.69, 9.17) is 4.74 Å². The average Bonchev–Trinajstić information content (AvgIpc) is 2.89. The summed E-state index contributed by atoms with van der Waals surface area (Å²) >= 11 is 1.16. The standard InChI is InChI=1S/C12H12N2O2S/c1-2-7-16-11-6-4-3-5-9(11)12(15)10-8-17-14-13-10/h3-6,8H,2,7H2,1H3. The van der Waals surface area contributed by atoms with Crippen molar-refractivity contribution < 1.29 is 9.53 Å². The van der Waals surface area contributed by atoms with Gasteiger partial charge in [-0.2, -0.15) is 0 Å². The van der Waals surface area contributed by atoms with E-state index in [9.17, 15) is 4.79 Å². The molecule has 5 heteroatoms. The summed E-state index contributed by atoms with van der Waals surface area (Å²) in [6.45, 7) is 2.62. The van der Waals surface area contributed by atoms with Gasteiger partial charge in [-0.3, -0.25) is 4.79 Å². The summed E-state index contributed by atoms with van der Waals surface area (Å²) in [6, 6.07) is 7.20. The highest BCUT2D eigenvalue weighted by molar-refractivity contribution is 7.03. The Bertz CT molecular complexity index is 497. The number of carbonyl (C=O) groups is 1. The molecule has 0 N–H and O–H groups in total. The molecule has 0 bridgehead atoms. The van der Waals surface area contributed by atoms with Crippen molar-refractivity contribution in [3.63, 3.8) is 0 Å². The SMILES string of the molecule is CCCOc1ccccc1C(=O)c1csnn1. The summed E-state index contributed by atoms with van der Waals surface area (Å²) in [4.78, 5) is 12.1. The van der Waals surface area contributed by atoms with Gasteiger partial charge >= 0.3 is 0 Å². The van der Waals surface area contributed by atoms with Gasteiger partial charge < -0.3 is 4.74 Å². The number of rotatable bonds is 5. The van der Waals surface area contributed by atoms with Crippen LogP contribution in [0.3, 0.4) is 0 Å². The number of benzene rings is 1. The van der Waals surface area contributed by atoms with Crippen molar-refractivity contribution in [1.82, 2.24) is 9.59 Å². The summed E-state index contributed by atoms with van der Waals surface area (Å²) in [6.07, 6.45) is 0.904. The summed E-state index contributed by atoms with van der Waals surface area (Å²) in [5.41, 5.74) is 0.899. The molecule has 0 aliphatic carbocycles. The summed E-state index contributed by atoms with van der Waals surface area (Å²) in [7, 11) is 0. The fourth-order valence-electron chi connectivity index (χ4n) is 1.39. The second kappa shape index (κ2) is 5.54. The molecular formula is C12H12N2O2S. The van der Waals surface area contributed by atoms with Crippen LogP contribution in [-0.4, -0.2) is 22.0 Å². The van der Waals surface area contributed by atoms with Crippen molar-refractivity contribution in [2.24, 2.45) is 0 Å². The van der Waals surface area contributed by atoms with Crippen LogP contribution in [0.15, 0.2) is 29.6 Å². The molecular weight excluding hydrogens is 236 g/mol. The van der Waals surface area contributed by atoms with Gasteiger partial charge in [-0.25, -0.2) is 0 Å². The molecule has 2 aromatic rings. The van der Waals surface area contributed by atoms with Gasteiger partial charge in [-0.1, -0.05) is 23.5 Å². The number of nitrogens with zero attached hydrogens (tertiary/aromatic N) is 2. The van der Waals surface area contributed by atoms with E-state index >= 15 is 0 Å². The lowest BCUT2D eigenvalue weighted by molar-refractivity contribution is 0.103. The first-order valence-electron chi connectivity index (χ1n) is 5.36. The van der Waals surface area contributed by atoms with Crippen molar-refractivity contribution in [2.75, 3.05) is 6.61 Å². The Balaban J connectivity index is 2.28. The third-order valence-corrected chi connectivity index (χ3v) is 2.69. The molecule has 1 aromatic carbocycles. The van der Waals surface area contributed by atoms with Crippen LogP contribution < -0.4 is 4.74 Å². The number of hydrogen-bond donors (Lipinski definition) is 0. The fourth-order valence-corrected chi connectivity index (χ4v) is 1.83. The maximum atomic E-state index is 12.1. The van der Waals surface area contributed by atoms with Gasteiger partial charge in [0, 0.05) is 5.38 Å². The highest BCUT2D eigenvalue weighted by Gasteiger charge is 2.16. The van der Waals surface area contributed by atoms with Crippen LogP contribution in [-0.2, 0) is 0 Å². The zero-order valence-corrected chi connectivity index (χ0v) is 10.2. The first-order chi connectivity index (χ1) is 8.33. The number of hydrogen-bond acceptors (Lipinski definition) is 5. The van der Waals surface area contributed by atoms with Gasteiger partial charge in [0.2, 0.25) is 5.78 Å². The van der Waals surface area contributed by atoms with Crippen LogP contribution in [0.5, 0.6) is 5.75 Å². The second-order valence-electron chi connectivity index (χ2n) is 3.46. The van der Waals surface area contributed by atoms with Gasteiger partial charge in [0.1, 0.15) is 11.4 Å². The van der Waals surface area contributed by atoms with Crippen LogP contribution in [0, 0.1) is 0 Å². The van der Waals surface area contributed by atoms with Crippen LogP contribution in [0.4, 0.5) is 0 Å². The molecule has 4 nitrogen and oxygen atoms in total. The van der Waals surface area contributed by atoms with Crippen LogP contribution in [0.1, 0.15) is 29.4 Å². The number of aromatic nitrogens is 2. The molecule has 17 heavy (non-hydrogen) atoms. The van der Waals surface area contributed by atoms with Gasteiger partial charge in [-0.05, 0) is 30.1 Å². The van der Waals surface area contributed by atoms with E-state index in [1.807, 2.05) is 19.1 Å². The van der Waals surface area contributed by atoms with Gasteiger partial charge in [0.25, 0.3) is 0 Å². The maximum Gasteiger partial charge on any atom is 0.217 e. The minimum atomic E-state index is -0.148. The number of ether oxygens (including phenoxy) is 1. The predicted octanol–water partition coefficient (Wildman–Crippen LogP) is 2.56. The molecule has 0 unspecified atom stereocenters. The molecule has 0 radical (unpaired) electrons. The monoisotopic (exact) mass is 248 g/mol. The quantitative estimate of drug-likeness (QED) is 0.763. The number of para-hydroxylation sites is 1. The molecule has 0 amide bonds. The van der Waals surface area contributed by atoms with Crippen molar-refractivity contribution in [1.29, 1.82) is 0 Å². The van der Waals surface area contributed by atoms with E-state index in [0.29, 0.717) is 23.6 Å². The molecule has 0 saturated carbocycles. The zero-order valence-electron chi connectivity index (χ0n) is 9.42. The minimum absolute atomic E-state index is 0.148. The Morgan fingerprint density at radius 1 is 1.41 bits per heavy atom. The maximum absolute atomic E-state index is 12.1. The number of carbonyl (C=O) groups excluding carboxylic acids is 1. The molecule has 0 aliphatic heterocycles. The van der Waals surface area contributed by atoms with Gasteiger partial charge in [-0.15, -0.1) is 5.10 Å². The Labute approximate surface area is 103 Å². The van der Waals surface area contributed by atoms with Crippen LogP contribution in [0.2, 0.25) is 0 Å². The summed E-state index contributed by atoms with van der Waals surface area (Å²) in [5, 5.41) is 5.42. The molecule has 0 saturated heterocycles. The van der Waals surface area contributed by atoms with E-state index in [1.165, 1.54) is 0 Å². The smallest absolute Gasteiger partial charge is 0.217 e. The normalized spacial score (nSPS) is 10.2. The highest BCUT2D eigenvalue weighted by atomic mass is 32.1. The Morgan fingerprint density at radius 2 is 2.24 bits per heavy atom. The average molecular weight is 248 g/mol. The first-order valence-corrected chi connectivity index (χ1v) is 6.20. The van der Waals surface area contributed by atoms with Crippen LogP contribution in [0.25, 0.3) is 0 Å². The lowest BCUT2D eigenvalue weighted by Crippen LogP contribution is -2.06. The summed E-state index contributed by atoms with van der Waals surface area (Å²) < 4.78 is 9.23. The largest absolute Gasteiger partial charge is 0.493 e. The molecule has 0 spiro atoms. The topological polar surface area (TPSA) is 52.1 Å². The Morgan fingerprint density at radius 3 is 2.94 bits per heavy atom. The van der Waals surface area contributed by atoms with Crippen LogP contribution >= 0.6 is 11.5 Å². The second-order valence-corrected chi connectivity index (χ2v) is 4.07. The fraction of sp³-hybridized carbons (Fsp3) is 0.250. The first kappa shape index (κ1) is 11.7. The molecule has 0 atom stereocenters.